The van der Waals surface area contributed by atoms with Gasteiger partial charge in [0, 0.05) is 31.6 Å². The van der Waals surface area contributed by atoms with Gasteiger partial charge in [-0.05, 0) is 37.6 Å². The van der Waals surface area contributed by atoms with Crippen molar-refractivity contribution in [1.29, 1.82) is 0 Å². The highest BCUT2D eigenvalue weighted by atomic mass is 32.1. The molecule has 3 N–H and O–H groups in total. The highest BCUT2D eigenvalue weighted by Crippen LogP contribution is 2.41. The molecular formula is C31H34F2N8O4S. The van der Waals surface area contributed by atoms with Crippen LogP contribution in [0.3, 0.4) is 0 Å². The second-order valence-corrected chi connectivity index (χ2v) is 14.1. The lowest BCUT2D eigenvalue weighted by atomic mass is 9.95. The van der Waals surface area contributed by atoms with Crippen LogP contribution in [0.25, 0.3) is 32.4 Å². The van der Waals surface area contributed by atoms with Gasteiger partial charge in [0.25, 0.3) is 5.56 Å². The van der Waals surface area contributed by atoms with Crippen molar-refractivity contribution < 1.29 is 23.0 Å². The topological polar surface area (TPSA) is 133 Å². The predicted molar refractivity (Wildman–Crippen MR) is 169 cm³/mol. The number of halogens is 2. The Labute approximate surface area is 266 Å². The SMILES string of the molecule is Nc1nc2c(-c3cc4nc(OC[C@@]56CCCN5C[C@H](F)C6)nc(N5C6CNCC5COC6)c4c(=O)n3C3COC3)ccc(F)c2s1. The Hall–Kier alpha value is -3.50. The Morgan fingerprint density at radius 3 is 2.67 bits per heavy atom. The molecule has 8 heterocycles. The summed E-state index contributed by atoms with van der Waals surface area (Å²) >= 11 is 1.07. The first-order chi connectivity index (χ1) is 22.4. The van der Waals surface area contributed by atoms with Gasteiger partial charge in [0.05, 0.1) is 71.5 Å². The number of nitrogens with one attached hydrogen (secondary N) is 1. The maximum absolute atomic E-state index is 14.9. The maximum atomic E-state index is 14.9. The van der Waals surface area contributed by atoms with Crippen LogP contribution in [0.1, 0.15) is 25.3 Å². The average Bonchev–Trinajstić information content (AvgIpc) is 3.67. The number of pyridine rings is 1. The Morgan fingerprint density at radius 2 is 1.89 bits per heavy atom. The molecule has 9 rings (SSSR count). The Kier molecular flexibility index (Phi) is 6.72. The molecule has 242 valence electrons. The molecule has 0 radical (unpaired) electrons. The van der Waals surface area contributed by atoms with Crippen molar-refractivity contribution in [2.45, 2.75) is 49.1 Å². The number of nitrogens with two attached hydrogens (primary N) is 1. The smallest absolute Gasteiger partial charge is 0.319 e. The number of anilines is 2. The summed E-state index contributed by atoms with van der Waals surface area (Å²) in [5.74, 6) is 0.0770. The van der Waals surface area contributed by atoms with Crippen molar-refractivity contribution in [3.63, 3.8) is 0 Å². The number of benzene rings is 1. The first kappa shape index (κ1) is 28.7. The summed E-state index contributed by atoms with van der Waals surface area (Å²) < 4.78 is 49.3. The third kappa shape index (κ3) is 4.43. The van der Waals surface area contributed by atoms with Crippen molar-refractivity contribution >= 4 is 43.4 Å². The molecular weight excluding hydrogens is 618 g/mol. The normalized spacial score (nSPS) is 28.2. The molecule has 0 saturated carbocycles. The lowest BCUT2D eigenvalue weighted by Crippen LogP contribution is -2.64. The van der Waals surface area contributed by atoms with Crippen molar-refractivity contribution in [2.24, 2.45) is 0 Å². The van der Waals surface area contributed by atoms with Crippen LogP contribution in [0, 0.1) is 5.82 Å². The minimum absolute atomic E-state index is 0.0428. The van der Waals surface area contributed by atoms with Crippen LogP contribution in [0.4, 0.5) is 19.7 Å². The van der Waals surface area contributed by atoms with E-state index in [1.54, 1.807) is 10.6 Å². The first-order valence-electron chi connectivity index (χ1n) is 15.9. The van der Waals surface area contributed by atoms with E-state index >= 15 is 0 Å². The second kappa shape index (κ2) is 10.8. The van der Waals surface area contributed by atoms with Crippen molar-refractivity contribution in [3.05, 3.63) is 34.4 Å². The van der Waals surface area contributed by atoms with E-state index in [9.17, 15) is 13.6 Å². The van der Waals surface area contributed by atoms with E-state index in [2.05, 4.69) is 20.1 Å². The third-order valence-electron chi connectivity index (χ3n) is 10.3. The Morgan fingerprint density at radius 1 is 1.11 bits per heavy atom. The average molecular weight is 653 g/mol. The lowest BCUT2D eigenvalue weighted by Gasteiger charge is -2.47. The number of hydrogen-bond donors (Lipinski definition) is 2. The van der Waals surface area contributed by atoms with Crippen LogP contribution < -0.4 is 26.2 Å². The summed E-state index contributed by atoms with van der Waals surface area (Å²) in [7, 11) is 0. The summed E-state index contributed by atoms with van der Waals surface area (Å²) in [6, 6.07) is 4.67. The summed E-state index contributed by atoms with van der Waals surface area (Å²) in [5.41, 5.74) is 7.28. The molecule has 0 aliphatic carbocycles. The number of fused-ring (bicyclic) bond motifs is 5. The zero-order chi connectivity index (χ0) is 31.2. The quantitative estimate of drug-likeness (QED) is 0.319. The van der Waals surface area contributed by atoms with E-state index in [1.165, 1.54) is 6.07 Å². The van der Waals surface area contributed by atoms with Crippen molar-refractivity contribution in [2.75, 3.05) is 69.8 Å². The molecule has 12 nitrogen and oxygen atoms in total. The van der Waals surface area contributed by atoms with Gasteiger partial charge in [0.1, 0.15) is 29.8 Å². The molecule has 15 heteroatoms. The molecule has 5 aliphatic heterocycles. The van der Waals surface area contributed by atoms with E-state index in [-0.39, 0.29) is 47.0 Å². The van der Waals surface area contributed by atoms with Gasteiger partial charge in [-0.2, -0.15) is 9.97 Å². The minimum Gasteiger partial charge on any atom is -0.461 e. The third-order valence-corrected chi connectivity index (χ3v) is 11.2. The predicted octanol–water partition coefficient (Wildman–Crippen LogP) is 2.49. The van der Waals surface area contributed by atoms with Gasteiger partial charge in [-0.15, -0.1) is 0 Å². The molecule has 2 bridgehead atoms. The molecule has 3 aromatic heterocycles. The van der Waals surface area contributed by atoms with Crippen molar-refractivity contribution in [3.8, 4) is 17.3 Å². The van der Waals surface area contributed by atoms with Gasteiger partial charge in [-0.3, -0.25) is 14.3 Å². The maximum Gasteiger partial charge on any atom is 0.319 e. The zero-order valence-electron chi connectivity index (χ0n) is 25.1. The van der Waals surface area contributed by atoms with Gasteiger partial charge in [-0.25, -0.2) is 13.8 Å². The number of nitrogens with zero attached hydrogens (tertiary/aromatic N) is 6. The fourth-order valence-corrected chi connectivity index (χ4v) is 8.86. The molecule has 0 amide bonds. The van der Waals surface area contributed by atoms with Gasteiger partial charge in [0.15, 0.2) is 5.13 Å². The molecule has 4 atom stereocenters. The minimum atomic E-state index is -0.888. The number of morpholine rings is 1. The van der Waals surface area contributed by atoms with E-state index in [0.29, 0.717) is 90.7 Å². The number of piperazine rings is 1. The lowest BCUT2D eigenvalue weighted by molar-refractivity contribution is -0.0238. The van der Waals surface area contributed by atoms with Gasteiger partial charge in [-0.1, -0.05) is 11.3 Å². The van der Waals surface area contributed by atoms with Crippen LogP contribution in [0.15, 0.2) is 23.0 Å². The molecule has 4 aromatic rings. The van der Waals surface area contributed by atoms with Crippen LogP contribution in [0.2, 0.25) is 0 Å². The fraction of sp³-hybridized carbons (Fsp3) is 0.548. The van der Waals surface area contributed by atoms with Crippen LogP contribution in [-0.2, 0) is 9.47 Å². The van der Waals surface area contributed by atoms with E-state index in [0.717, 1.165) is 30.7 Å². The van der Waals surface area contributed by atoms with E-state index in [4.69, 9.17) is 29.9 Å². The monoisotopic (exact) mass is 652 g/mol. The Bertz CT molecular complexity index is 1900. The molecule has 2 unspecified atom stereocenters. The summed E-state index contributed by atoms with van der Waals surface area (Å²) in [5, 5.41) is 4.09. The summed E-state index contributed by atoms with van der Waals surface area (Å²) in [4.78, 5) is 33.4. The van der Waals surface area contributed by atoms with E-state index < -0.39 is 12.0 Å². The second-order valence-electron chi connectivity index (χ2n) is 13.1. The number of thiazole rings is 1. The van der Waals surface area contributed by atoms with Crippen molar-refractivity contribution in [1.82, 2.24) is 29.7 Å². The number of ether oxygens (including phenoxy) is 3. The van der Waals surface area contributed by atoms with Crippen LogP contribution >= 0.6 is 11.3 Å². The van der Waals surface area contributed by atoms with Crippen LogP contribution in [-0.4, -0.2) is 107 Å². The summed E-state index contributed by atoms with van der Waals surface area (Å²) in [6.07, 6.45) is 1.37. The number of nitrogen functional groups attached to an aromatic ring is 1. The molecule has 5 fully saturated rings. The molecule has 5 saturated heterocycles. The van der Waals surface area contributed by atoms with Gasteiger partial charge >= 0.3 is 6.01 Å². The highest BCUT2D eigenvalue weighted by molar-refractivity contribution is 7.22. The number of alkyl halides is 1. The van der Waals surface area contributed by atoms with Gasteiger partial charge in [0.2, 0.25) is 0 Å². The van der Waals surface area contributed by atoms with Crippen LogP contribution in [0.5, 0.6) is 6.01 Å². The van der Waals surface area contributed by atoms with Gasteiger partial charge < -0.3 is 30.2 Å². The Balaban J connectivity index is 1.24. The molecule has 46 heavy (non-hydrogen) atoms. The molecule has 0 spiro atoms. The number of rotatable bonds is 6. The van der Waals surface area contributed by atoms with E-state index in [1.807, 2.05) is 6.07 Å². The fourth-order valence-electron chi connectivity index (χ4n) is 8.10. The standard InChI is InChI=1S/C31H34F2N8O4S/c32-16-7-31(4-1-5-39(31)10-16)15-45-30-36-22-6-23(20-2-3-21(33)26-25(20)37-29(34)46-26)41(19-13-44-14-19)28(42)24(22)27(38-30)40-17-8-35-9-18(40)12-43-11-17/h2-3,6,16-19,35H,1,4-5,7-15H2,(H2,34,37)/t16-,17?,18?,31+/m1/s1. The first-order valence-corrected chi connectivity index (χ1v) is 16.7. The summed E-state index contributed by atoms with van der Waals surface area (Å²) in [6.45, 7) is 4.57. The molecule has 5 aliphatic rings. The largest absolute Gasteiger partial charge is 0.461 e. The number of aromatic nitrogens is 4. The molecule has 1 aromatic carbocycles. The zero-order valence-corrected chi connectivity index (χ0v) is 25.9. The highest BCUT2D eigenvalue weighted by Gasteiger charge is 2.49. The number of hydrogen-bond acceptors (Lipinski definition) is 12.